The van der Waals surface area contributed by atoms with Crippen molar-refractivity contribution >= 4 is 49.4 Å². The Balaban J connectivity index is 1.17. The zero-order valence-electron chi connectivity index (χ0n) is 29.4. The molecule has 0 amide bonds. The van der Waals surface area contributed by atoms with E-state index in [1.165, 1.54) is 105 Å². The standard InChI is InChI=1S/C51H37N/c1-51(2)46-30-42(39-19-16-33-10-4-7-13-36(33)26-39)22-24-49(46)52-48-23-21-41(38-18-15-32-9-3-6-12-35(32)25-38)28-44(48)45-29-43(31-47(51)50(45)52)40-20-17-34-11-5-8-14-37(34)27-40/h3-7,9-13,15-31H,8,14H2,1-2H3. The third-order valence-corrected chi connectivity index (χ3v) is 12.0. The first-order valence-corrected chi connectivity index (χ1v) is 18.6. The van der Waals surface area contributed by atoms with Crippen LogP contribution in [0.3, 0.4) is 0 Å². The average Bonchev–Trinajstić information content (AvgIpc) is 3.53. The van der Waals surface area contributed by atoms with Gasteiger partial charge in [0, 0.05) is 16.2 Å². The monoisotopic (exact) mass is 663 g/mol. The van der Waals surface area contributed by atoms with Crippen molar-refractivity contribution in [1.82, 2.24) is 4.57 Å². The molecule has 8 aromatic carbocycles. The predicted octanol–water partition coefficient (Wildman–Crippen LogP) is 13.7. The molecule has 0 spiro atoms. The van der Waals surface area contributed by atoms with E-state index in [0.717, 1.165) is 12.8 Å². The van der Waals surface area contributed by atoms with Crippen molar-refractivity contribution < 1.29 is 0 Å². The molecule has 11 rings (SSSR count). The van der Waals surface area contributed by atoms with Crippen LogP contribution in [0.5, 0.6) is 0 Å². The summed E-state index contributed by atoms with van der Waals surface area (Å²) in [6, 6.07) is 57.3. The Morgan fingerprint density at radius 2 is 1.06 bits per heavy atom. The van der Waals surface area contributed by atoms with Crippen molar-refractivity contribution in [3.8, 4) is 39.1 Å². The van der Waals surface area contributed by atoms with Crippen molar-refractivity contribution in [2.75, 3.05) is 0 Å². The Labute approximate surface area is 304 Å². The van der Waals surface area contributed by atoms with E-state index in [9.17, 15) is 0 Å². The molecule has 1 nitrogen and oxygen atoms in total. The second-order valence-corrected chi connectivity index (χ2v) is 15.3. The molecule has 2 aliphatic rings. The van der Waals surface area contributed by atoms with Crippen LogP contribution in [-0.2, 0) is 11.8 Å². The van der Waals surface area contributed by atoms with E-state index < -0.39 is 0 Å². The van der Waals surface area contributed by atoms with Crippen LogP contribution < -0.4 is 0 Å². The number of nitrogens with zero attached hydrogens (tertiary/aromatic N) is 1. The lowest BCUT2D eigenvalue weighted by molar-refractivity contribution is 0.630. The maximum Gasteiger partial charge on any atom is 0.0582 e. The van der Waals surface area contributed by atoms with Gasteiger partial charge in [-0.2, -0.15) is 0 Å². The quantitative estimate of drug-likeness (QED) is 0.177. The number of benzene rings is 8. The molecule has 52 heavy (non-hydrogen) atoms. The fraction of sp³-hybridized carbons (Fsp3) is 0.0980. The summed E-state index contributed by atoms with van der Waals surface area (Å²) >= 11 is 0. The van der Waals surface area contributed by atoms with Gasteiger partial charge in [0.05, 0.1) is 16.7 Å². The first kappa shape index (κ1) is 29.5. The number of allylic oxidation sites excluding steroid dienone is 1. The number of fused-ring (bicyclic) bond motifs is 8. The van der Waals surface area contributed by atoms with Crippen molar-refractivity contribution in [3.05, 3.63) is 180 Å². The van der Waals surface area contributed by atoms with Crippen LogP contribution in [0.1, 0.15) is 42.5 Å². The first-order chi connectivity index (χ1) is 25.5. The van der Waals surface area contributed by atoms with Gasteiger partial charge in [-0.05, 0) is 139 Å². The normalized spacial score (nSPS) is 14.3. The molecular weight excluding hydrogens is 627 g/mol. The fourth-order valence-electron chi connectivity index (χ4n) is 9.13. The highest BCUT2D eigenvalue weighted by molar-refractivity contribution is 6.14. The number of hydrogen-bond acceptors (Lipinski definition) is 0. The zero-order chi connectivity index (χ0) is 34.6. The molecule has 0 N–H and O–H groups in total. The summed E-state index contributed by atoms with van der Waals surface area (Å²) in [5.41, 5.74) is 16.7. The number of aryl methyl sites for hydroxylation is 1. The van der Waals surface area contributed by atoms with Gasteiger partial charge in [-0.1, -0.05) is 129 Å². The molecule has 0 atom stereocenters. The molecule has 1 aromatic heterocycles. The third-order valence-electron chi connectivity index (χ3n) is 12.0. The van der Waals surface area contributed by atoms with E-state index >= 15 is 0 Å². The number of hydrogen-bond donors (Lipinski definition) is 0. The maximum atomic E-state index is 2.55. The molecule has 2 heterocycles. The molecule has 1 aliphatic heterocycles. The fourth-order valence-corrected chi connectivity index (χ4v) is 9.13. The van der Waals surface area contributed by atoms with Gasteiger partial charge in [0.15, 0.2) is 0 Å². The SMILES string of the molecule is CC1(C)c2cc(-c3ccc4ccccc4c3)ccc2-n2c3ccc(-c4ccc5ccccc5c4)cc3c3cc(-c4ccc5c(c4)CCC=C5)cc1c32. The molecule has 1 heteroatoms. The molecule has 9 aromatic rings. The molecule has 1 aliphatic carbocycles. The van der Waals surface area contributed by atoms with Crippen molar-refractivity contribution in [3.63, 3.8) is 0 Å². The Morgan fingerprint density at radius 3 is 1.81 bits per heavy atom. The lowest BCUT2D eigenvalue weighted by Gasteiger charge is -2.35. The van der Waals surface area contributed by atoms with Crippen LogP contribution in [0.2, 0.25) is 0 Å². The van der Waals surface area contributed by atoms with Crippen LogP contribution in [0.25, 0.3) is 88.5 Å². The average molecular weight is 664 g/mol. The van der Waals surface area contributed by atoms with Crippen LogP contribution in [-0.4, -0.2) is 4.57 Å². The van der Waals surface area contributed by atoms with Crippen molar-refractivity contribution in [2.24, 2.45) is 0 Å². The first-order valence-electron chi connectivity index (χ1n) is 18.6. The second-order valence-electron chi connectivity index (χ2n) is 15.3. The highest BCUT2D eigenvalue weighted by Crippen LogP contribution is 2.50. The van der Waals surface area contributed by atoms with Gasteiger partial charge in [-0.3, -0.25) is 0 Å². The summed E-state index contributed by atoms with van der Waals surface area (Å²) in [5.74, 6) is 0. The van der Waals surface area contributed by atoms with Crippen LogP contribution in [0, 0.1) is 0 Å². The number of aromatic nitrogens is 1. The molecule has 0 unspecified atom stereocenters. The maximum absolute atomic E-state index is 2.55. The van der Waals surface area contributed by atoms with E-state index in [-0.39, 0.29) is 5.41 Å². The summed E-state index contributed by atoms with van der Waals surface area (Å²) in [7, 11) is 0. The summed E-state index contributed by atoms with van der Waals surface area (Å²) in [6.45, 7) is 4.85. The van der Waals surface area contributed by atoms with Crippen molar-refractivity contribution in [2.45, 2.75) is 32.1 Å². The molecule has 0 radical (unpaired) electrons. The van der Waals surface area contributed by atoms with E-state index in [1.807, 2.05) is 0 Å². The third kappa shape index (κ3) is 4.36. The molecule has 0 fully saturated rings. The topological polar surface area (TPSA) is 4.93 Å². The zero-order valence-corrected chi connectivity index (χ0v) is 29.4. The molecule has 0 saturated heterocycles. The summed E-state index contributed by atoms with van der Waals surface area (Å²) in [5, 5.41) is 7.70. The van der Waals surface area contributed by atoms with Crippen LogP contribution in [0.15, 0.2) is 158 Å². The largest absolute Gasteiger partial charge is 0.309 e. The predicted molar refractivity (Wildman–Crippen MR) is 222 cm³/mol. The lowest BCUT2D eigenvalue weighted by Crippen LogP contribution is -2.26. The molecule has 0 bridgehead atoms. The van der Waals surface area contributed by atoms with Crippen LogP contribution >= 0.6 is 0 Å². The number of rotatable bonds is 3. The minimum absolute atomic E-state index is 0.223. The van der Waals surface area contributed by atoms with Gasteiger partial charge in [0.1, 0.15) is 0 Å². The summed E-state index contributed by atoms with van der Waals surface area (Å²) < 4.78 is 2.55. The molecular formula is C51H37N. The Bertz CT molecular complexity index is 2990. The minimum atomic E-state index is -0.223. The molecule has 246 valence electrons. The Hall–Kier alpha value is -6.18. The smallest absolute Gasteiger partial charge is 0.0582 e. The van der Waals surface area contributed by atoms with Gasteiger partial charge in [0.25, 0.3) is 0 Å². The van der Waals surface area contributed by atoms with Gasteiger partial charge in [0.2, 0.25) is 0 Å². The summed E-state index contributed by atoms with van der Waals surface area (Å²) in [6.07, 6.45) is 6.78. The summed E-state index contributed by atoms with van der Waals surface area (Å²) in [4.78, 5) is 0. The second kappa shape index (κ2) is 10.9. The highest BCUT2D eigenvalue weighted by Gasteiger charge is 2.36. The van der Waals surface area contributed by atoms with Crippen LogP contribution in [0.4, 0.5) is 0 Å². The minimum Gasteiger partial charge on any atom is -0.309 e. The van der Waals surface area contributed by atoms with E-state index in [1.54, 1.807) is 0 Å². The highest BCUT2D eigenvalue weighted by atomic mass is 15.0. The lowest BCUT2D eigenvalue weighted by atomic mass is 9.73. The van der Waals surface area contributed by atoms with Crippen molar-refractivity contribution in [1.29, 1.82) is 0 Å². The Kier molecular flexibility index (Phi) is 6.20. The van der Waals surface area contributed by atoms with Gasteiger partial charge in [-0.15, -0.1) is 0 Å². The van der Waals surface area contributed by atoms with Gasteiger partial charge >= 0.3 is 0 Å². The van der Waals surface area contributed by atoms with E-state index in [4.69, 9.17) is 0 Å². The Morgan fingerprint density at radius 1 is 0.481 bits per heavy atom. The van der Waals surface area contributed by atoms with Gasteiger partial charge < -0.3 is 4.57 Å². The van der Waals surface area contributed by atoms with E-state index in [2.05, 4.69) is 182 Å². The van der Waals surface area contributed by atoms with Gasteiger partial charge in [-0.25, -0.2) is 0 Å². The van der Waals surface area contributed by atoms with E-state index in [0.29, 0.717) is 0 Å². The molecule has 0 saturated carbocycles.